The summed E-state index contributed by atoms with van der Waals surface area (Å²) in [5.74, 6) is 0.479. The number of para-hydroxylation sites is 1. The van der Waals surface area contributed by atoms with E-state index in [2.05, 4.69) is 28.0 Å². The van der Waals surface area contributed by atoms with Gasteiger partial charge in [0.25, 0.3) is 5.56 Å². The predicted molar refractivity (Wildman–Crippen MR) is 146 cm³/mol. The zero-order valence-electron chi connectivity index (χ0n) is 20.5. The summed E-state index contributed by atoms with van der Waals surface area (Å²) in [5.41, 5.74) is 1.83. The molecule has 0 unspecified atom stereocenters. The summed E-state index contributed by atoms with van der Waals surface area (Å²) in [6, 6.07) is 17.3. The lowest BCUT2D eigenvalue weighted by Gasteiger charge is -2.14. The number of carboxylic acid groups (broad SMARTS) is 1. The van der Waals surface area contributed by atoms with Crippen LogP contribution >= 0.6 is 15.9 Å². The molecular formula is C28H26BrN3O5. The second kappa shape index (κ2) is 11.8. The van der Waals surface area contributed by atoms with E-state index in [4.69, 9.17) is 14.5 Å². The van der Waals surface area contributed by atoms with Gasteiger partial charge in [0.15, 0.2) is 11.5 Å². The van der Waals surface area contributed by atoms with Crippen molar-refractivity contribution in [2.24, 2.45) is 5.10 Å². The number of halogens is 1. The van der Waals surface area contributed by atoms with Gasteiger partial charge in [-0.2, -0.15) is 9.78 Å². The smallest absolute Gasteiger partial charge is 0.335 e. The van der Waals surface area contributed by atoms with Crippen LogP contribution in [0.1, 0.15) is 47.1 Å². The van der Waals surface area contributed by atoms with Gasteiger partial charge in [-0.3, -0.25) is 4.79 Å². The van der Waals surface area contributed by atoms with Gasteiger partial charge in [-0.1, -0.05) is 47.5 Å². The van der Waals surface area contributed by atoms with Gasteiger partial charge in [0, 0.05) is 16.5 Å². The van der Waals surface area contributed by atoms with Crippen LogP contribution in [0.25, 0.3) is 10.9 Å². The molecule has 190 valence electrons. The highest BCUT2D eigenvalue weighted by molar-refractivity contribution is 9.10. The molecule has 1 aromatic heterocycles. The summed E-state index contributed by atoms with van der Waals surface area (Å²) in [5, 5.41) is 14.3. The molecule has 37 heavy (non-hydrogen) atoms. The first kappa shape index (κ1) is 26.1. The van der Waals surface area contributed by atoms with Gasteiger partial charge in [0.05, 0.1) is 29.8 Å². The number of aryl methyl sites for hydroxylation is 1. The van der Waals surface area contributed by atoms with Crippen molar-refractivity contribution in [2.75, 3.05) is 7.11 Å². The number of carbonyl (C=O) groups is 1. The van der Waals surface area contributed by atoms with Crippen molar-refractivity contribution in [1.29, 1.82) is 0 Å². The number of hydrogen-bond donors (Lipinski definition) is 1. The number of unbranched alkanes of at least 4 members (excludes halogenated alkanes) is 1. The van der Waals surface area contributed by atoms with Gasteiger partial charge in [0.2, 0.25) is 0 Å². The van der Waals surface area contributed by atoms with E-state index in [1.165, 1.54) is 17.9 Å². The van der Waals surface area contributed by atoms with Crippen molar-refractivity contribution in [3.63, 3.8) is 0 Å². The van der Waals surface area contributed by atoms with E-state index in [0.29, 0.717) is 45.8 Å². The van der Waals surface area contributed by atoms with E-state index >= 15 is 0 Å². The molecule has 0 aliphatic carbocycles. The van der Waals surface area contributed by atoms with Crippen molar-refractivity contribution < 1.29 is 19.4 Å². The van der Waals surface area contributed by atoms with Gasteiger partial charge >= 0.3 is 5.97 Å². The summed E-state index contributed by atoms with van der Waals surface area (Å²) >= 11 is 3.42. The lowest BCUT2D eigenvalue weighted by molar-refractivity contribution is 0.0696. The minimum absolute atomic E-state index is 0.121. The van der Waals surface area contributed by atoms with Gasteiger partial charge in [-0.15, -0.1) is 0 Å². The lowest BCUT2D eigenvalue weighted by atomic mass is 10.1. The molecule has 3 aromatic carbocycles. The molecule has 0 fully saturated rings. The van der Waals surface area contributed by atoms with Gasteiger partial charge in [-0.05, 0) is 54.4 Å². The molecule has 0 amide bonds. The molecule has 1 N–H and O–H groups in total. The maximum absolute atomic E-state index is 13.4. The molecule has 8 nitrogen and oxygen atoms in total. The Kier molecular flexibility index (Phi) is 8.35. The Hall–Kier alpha value is -3.98. The van der Waals surface area contributed by atoms with Crippen molar-refractivity contribution in [3.8, 4) is 11.5 Å². The van der Waals surface area contributed by atoms with E-state index in [1.54, 1.807) is 48.7 Å². The zero-order chi connectivity index (χ0) is 26.4. The monoisotopic (exact) mass is 563 g/mol. The standard InChI is InChI=1S/C28H26BrN3O5/c1-3-4-11-25-31-23-13-12-21(29)15-22(23)27(33)32(25)30-16-20-9-6-10-24(36-2)26(20)37-17-18-7-5-8-19(14-18)28(34)35/h5-10,12-16H,3-4,11,17H2,1-2H3,(H,34,35). The number of hydrogen-bond acceptors (Lipinski definition) is 6. The summed E-state index contributed by atoms with van der Waals surface area (Å²) in [4.78, 5) is 29.4. The maximum atomic E-state index is 13.4. The summed E-state index contributed by atoms with van der Waals surface area (Å²) in [6.45, 7) is 2.20. The Balaban J connectivity index is 1.72. The van der Waals surface area contributed by atoms with Crippen LogP contribution in [0.5, 0.6) is 11.5 Å². The van der Waals surface area contributed by atoms with Crippen LogP contribution in [0.3, 0.4) is 0 Å². The highest BCUT2D eigenvalue weighted by Crippen LogP contribution is 2.31. The minimum Gasteiger partial charge on any atom is -0.493 e. The van der Waals surface area contributed by atoms with Crippen LogP contribution in [-0.4, -0.2) is 34.1 Å². The first-order valence-corrected chi connectivity index (χ1v) is 12.6. The first-order valence-electron chi connectivity index (χ1n) is 11.8. The highest BCUT2D eigenvalue weighted by atomic mass is 79.9. The van der Waals surface area contributed by atoms with Crippen LogP contribution in [0.15, 0.2) is 75.0 Å². The maximum Gasteiger partial charge on any atom is 0.335 e. The van der Waals surface area contributed by atoms with Crippen molar-refractivity contribution in [3.05, 3.63) is 98.0 Å². The predicted octanol–water partition coefficient (Wildman–Crippen LogP) is 5.67. The largest absolute Gasteiger partial charge is 0.493 e. The third-order valence-corrected chi connectivity index (χ3v) is 6.22. The van der Waals surface area contributed by atoms with E-state index in [-0.39, 0.29) is 17.7 Å². The first-order chi connectivity index (χ1) is 17.9. The molecule has 1 heterocycles. The molecule has 0 saturated heterocycles. The normalized spacial score (nSPS) is 11.2. The van der Waals surface area contributed by atoms with E-state index in [9.17, 15) is 14.7 Å². The molecule has 9 heteroatoms. The Morgan fingerprint density at radius 2 is 1.97 bits per heavy atom. The molecule has 0 radical (unpaired) electrons. The highest BCUT2D eigenvalue weighted by Gasteiger charge is 2.13. The van der Waals surface area contributed by atoms with E-state index in [1.807, 2.05) is 12.1 Å². The van der Waals surface area contributed by atoms with Crippen LogP contribution in [0, 0.1) is 0 Å². The van der Waals surface area contributed by atoms with E-state index in [0.717, 1.165) is 17.3 Å². The number of fused-ring (bicyclic) bond motifs is 1. The molecule has 0 spiro atoms. The topological polar surface area (TPSA) is 103 Å². The van der Waals surface area contributed by atoms with Crippen LogP contribution in [0.2, 0.25) is 0 Å². The number of carboxylic acids is 1. The fraction of sp³-hybridized carbons (Fsp3) is 0.214. The third-order valence-electron chi connectivity index (χ3n) is 5.73. The molecule has 0 saturated carbocycles. The van der Waals surface area contributed by atoms with Crippen LogP contribution in [0.4, 0.5) is 0 Å². The molecule has 0 aliphatic rings. The average molecular weight is 564 g/mol. The fourth-order valence-corrected chi connectivity index (χ4v) is 4.19. The van der Waals surface area contributed by atoms with Gasteiger partial charge in [-0.25, -0.2) is 9.78 Å². The number of benzene rings is 3. The van der Waals surface area contributed by atoms with Gasteiger partial charge < -0.3 is 14.6 Å². The van der Waals surface area contributed by atoms with Gasteiger partial charge in [0.1, 0.15) is 12.4 Å². The Bertz CT molecular complexity index is 1530. The molecule has 0 aliphatic heterocycles. The number of aromatic carboxylic acids is 1. The molecule has 4 rings (SSSR count). The number of nitrogens with zero attached hydrogens (tertiary/aromatic N) is 3. The van der Waals surface area contributed by atoms with Crippen LogP contribution in [-0.2, 0) is 13.0 Å². The molecular weight excluding hydrogens is 538 g/mol. The molecule has 0 atom stereocenters. The minimum atomic E-state index is -1.01. The second-order valence-electron chi connectivity index (χ2n) is 8.33. The number of aromatic nitrogens is 2. The Morgan fingerprint density at radius 3 is 2.73 bits per heavy atom. The Labute approximate surface area is 222 Å². The summed E-state index contributed by atoms with van der Waals surface area (Å²) < 4.78 is 13.7. The lowest BCUT2D eigenvalue weighted by Crippen LogP contribution is -2.22. The third kappa shape index (κ3) is 6.06. The zero-order valence-corrected chi connectivity index (χ0v) is 22.1. The van der Waals surface area contributed by atoms with Crippen LogP contribution < -0.4 is 15.0 Å². The Morgan fingerprint density at radius 1 is 1.16 bits per heavy atom. The molecule has 0 bridgehead atoms. The van der Waals surface area contributed by atoms with Crippen molar-refractivity contribution in [2.45, 2.75) is 32.8 Å². The number of rotatable bonds is 10. The SMILES string of the molecule is CCCCc1nc2ccc(Br)cc2c(=O)n1N=Cc1cccc(OC)c1OCc1cccc(C(=O)O)c1. The number of methoxy groups -OCH3 is 1. The fourth-order valence-electron chi connectivity index (χ4n) is 3.83. The van der Waals surface area contributed by atoms with Crippen molar-refractivity contribution in [1.82, 2.24) is 9.66 Å². The summed E-state index contributed by atoms with van der Waals surface area (Å²) in [7, 11) is 1.53. The van der Waals surface area contributed by atoms with Crippen molar-refractivity contribution >= 4 is 39.0 Å². The summed E-state index contributed by atoms with van der Waals surface area (Å²) in [6.07, 6.45) is 3.98. The molecule has 4 aromatic rings. The van der Waals surface area contributed by atoms with E-state index < -0.39 is 5.97 Å². The quantitative estimate of drug-likeness (QED) is 0.249. The average Bonchev–Trinajstić information content (AvgIpc) is 2.91. The number of ether oxygens (including phenoxy) is 2. The second-order valence-corrected chi connectivity index (χ2v) is 9.24.